The maximum atomic E-state index is 12.0. The predicted octanol–water partition coefficient (Wildman–Crippen LogP) is 3.49. The number of aromatic nitrogens is 2. The van der Waals surface area contributed by atoms with Gasteiger partial charge in [-0.05, 0) is 45.5 Å². The standard InChI is InChI=1S/C15H20N4O2S2/c1-6-19-7-11(9(3)18-19)16-15(22)17-13-12(14(20)21-5)8(2)10(4)23-13/h7H,6H2,1-5H3,(H2,16,17,22). The topological polar surface area (TPSA) is 68.2 Å². The molecule has 0 aliphatic rings. The molecule has 0 amide bonds. The fourth-order valence-corrected chi connectivity index (χ4v) is 3.45. The van der Waals surface area contributed by atoms with Crippen molar-refractivity contribution in [1.29, 1.82) is 0 Å². The first-order valence-corrected chi connectivity index (χ1v) is 8.40. The zero-order valence-electron chi connectivity index (χ0n) is 13.8. The molecular formula is C15H20N4O2S2. The Bertz CT molecular complexity index is 749. The number of aryl methyl sites for hydroxylation is 3. The Kier molecular flexibility index (Phi) is 5.38. The first-order chi connectivity index (χ1) is 10.9. The largest absolute Gasteiger partial charge is 0.465 e. The summed E-state index contributed by atoms with van der Waals surface area (Å²) in [6.07, 6.45) is 1.90. The minimum atomic E-state index is -0.368. The van der Waals surface area contributed by atoms with Crippen molar-refractivity contribution in [3.8, 4) is 0 Å². The second-order valence-corrected chi connectivity index (χ2v) is 6.67. The van der Waals surface area contributed by atoms with Crippen molar-refractivity contribution in [2.75, 3.05) is 17.7 Å². The van der Waals surface area contributed by atoms with Gasteiger partial charge >= 0.3 is 5.97 Å². The van der Waals surface area contributed by atoms with Crippen molar-refractivity contribution in [2.24, 2.45) is 0 Å². The van der Waals surface area contributed by atoms with Gasteiger partial charge in [-0.25, -0.2) is 4.79 Å². The molecule has 2 aromatic rings. The van der Waals surface area contributed by atoms with E-state index in [-0.39, 0.29) is 5.97 Å². The average molecular weight is 352 g/mol. The smallest absolute Gasteiger partial charge is 0.341 e. The van der Waals surface area contributed by atoms with Crippen LogP contribution in [0.15, 0.2) is 6.20 Å². The van der Waals surface area contributed by atoms with Crippen molar-refractivity contribution in [3.63, 3.8) is 0 Å². The van der Waals surface area contributed by atoms with Crippen LogP contribution < -0.4 is 10.6 Å². The monoisotopic (exact) mass is 352 g/mol. The van der Waals surface area contributed by atoms with Crippen molar-refractivity contribution in [3.05, 3.63) is 27.9 Å². The highest BCUT2D eigenvalue weighted by atomic mass is 32.1. The molecule has 0 radical (unpaired) electrons. The maximum absolute atomic E-state index is 12.0. The number of nitrogens with zero attached hydrogens (tertiary/aromatic N) is 2. The first-order valence-electron chi connectivity index (χ1n) is 7.17. The van der Waals surface area contributed by atoms with E-state index in [0.29, 0.717) is 15.7 Å². The van der Waals surface area contributed by atoms with Crippen LogP contribution in [0.4, 0.5) is 10.7 Å². The van der Waals surface area contributed by atoms with Crippen LogP contribution in [-0.2, 0) is 11.3 Å². The number of thiocarbonyl (C=S) groups is 1. The summed E-state index contributed by atoms with van der Waals surface area (Å²) in [5.41, 5.74) is 3.14. The van der Waals surface area contributed by atoms with Gasteiger partial charge in [0.2, 0.25) is 0 Å². The fourth-order valence-electron chi connectivity index (χ4n) is 2.12. The highest BCUT2D eigenvalue weighted by Crippen LogP contribution is 2.33. The molecule has 0 saturated heterocycles. The number of rotatable bonds is 4. The molecule has 0 aliphatic heterocycles. The predicted molar refractivity (Wildman–Crippen MR) is 97.6 cm³/mol. The lowest BCUT2D eigenvalue weighted by Crippen LogP contribution is -2.20. The highest BCUT2D eigenvalue weighted by molar-refractivity contribution is 7.80. The second-order valence-electron chi connectivity index (χ2n) is 5.04. The average Bonchev–Trinajstić information content (AvgIpc) is 2.99. The van der Waals surface area contributed by atoms with Gasteiger partial charge in [-0.2, -0.15) is 5.10 Å². The molecule has 0 saturated carbocycles. The highest BCUT2D eigenvalue weighted by Gasteiger charge is 2.21. The van der Waals surface area contributed by atoms with Crippen molar-refractivity contribution >= 4 is 45.3 Å². The Morgan fingerprint density at radius 1 is 1.39 bits per heavy atom. The van der Waals surface area contributed by atoms with Crippen molar-refractivity contribution in [2.45, 2.75) is 34.2 Å². The van der Waals surface area contributed by atoms with Gasteiger partial charge in [0.15, 0.2) is 5.11 Å². The molecule has 23 heavy (non-hydrogen) atoms. The third-order valence-electron chi connectivity index (χ3n) is 3.52. The lowest BCUT2D eigenvalue weighted by atomic mass is 10.1. The molecule has 0 unspecified atom stereocenters. The Labute approximate surface area is 144 Å². The molecule has 0 bridgehead atoms. The number of thiophene rings is 1. The van der Waals surface area contributed by atoms with Gasteiger partial charge in [-0.15, -0.1) is 11.3 Å². The fraction of sp³-hybridized carbons (Fsp3) is 0.400. The quantitative estimate of drug-likeness (QED) is 0.648. The number of esters is 1. The van der Waals surface area contributed by atoms with Crippen LogP contribution in [0.3, 0.4) is 0 Å². The number of carbonyl (C=O) groups excluding carboxylic acids is 1. The molecule has 6 nitrogen and oxygen atoms in total. The summed E-state index contributed by atoms with van der Waals surface area (Å²) in [5, 5.41) is 11.7. The molecule has 2 heterocycles. The van der Waals surface area contributed by atoms with Crippen molar-refractivity contribution in [1.82, 2.24) is 9.78 Å². The molecule has 0 fully saturated rings. The van der Waals surface area contributed by atoms with Crippen LogP contribution in [0.2, 0.25) is 0 Å². The Hall–Kier alpha value is -1.93. The molecular weight excluding hydrogens is 332 g/mol. The number of nitrogens with one attached hydrogen (secondary N) is 2. The summed E-state index contributed by atoms with van der Waals surface area (Å²) in [4.78, 5) is 13.0. The van der Waals surface area contributed by atoms with Gasteiger partial charge in [0.25, 0.3) is 0 Å². The summed E-state index contributed by atoms with van der Waals surface area (Å²) in [6.45, 7) is 8.58. The van der Waals surface area contributed by atoms with Gasteiger partial charge in [-0.1, -0.05) is 0 Å². The molecule has 0 aromatic carbocycles. The summed E-state index contributed by atoms with van der Waals surface area (Å²) < 4.78 is 6.69. The van der Waals surface area contributed by atoms with E-state index in [9.17, 15) is 4.79 Å². The van der Waals surface area contributed by atoms with Crippen molar-refractivity contribution < 1.29 is 9.53 Å². The van der Waals surface area contributed by atoms with E-state index in [1.54, 1.807) is 0 Å². The van der Waals surface area contributed by atoms with Crippen LogP contribution in [0.25, 0.3) is 0 Å². The number of anilines is 2. The van der Waals surface area contributed by atoms with E-state index in [2.05, 4.69) is 15.7 Å². The number of ether oxygens (including phenoxy) is 1. The normalized spacial score (nSPS) is 10.5. The van der Waals surface area contributed by atoms with Gasteiger partial charge in [0, 0.05) is 17.6 Å². The van der Waals surface area contributed by atoms with E-state index in [1.165, 1.54) is 18.4 Å². The van der Waals surface area contributed by atoms with Crippen LogP contribution >= 0.6 is 23.6 Å². The molecule has 0 aliphatic carbocycles. The zero-order valence-corrected chi connectivity index (χ0v) is 15.4. The lowest BCUT2D eigenvalue weighted by molar-refractivity contribution is 0.0601. The van der Waals surface area contributed by atoms with E-state index in [0.717, 1.165) is 28.4 Å². The third-order valence-corrected chi connectivity index (χ3v) is 4.85. The van der Waals surface area contributed by atoms with Crippen LogP contribution in [0, 0.1) is 20.8 Å². The first kappa shape index (κ1) is 17.4. The van der Waals surface area contributed by atoms with Gasteiger partial charge in [0.1, 0.15) is 5.00 Å². The Morgan fingerprint density at radius 3 is 2.65 bits per heavy atom. The summed E-state index contributed by atoms with van der Waals surface area (Å²) >= 11 is 6.83. The molecule has 8 heteroatoms. The number of hydrogen-bond acceptors (Lipinski definition) is 5. The molecule has 124 valence electrons. The lowest BCUT2D eigenvalue weighted by Gasteiger charge is -2.10. The van der Waals surface area contributed by atoms with Crippen LogP contribution in [0.1, 0.15) is 33.4 Å². The van der Waals surface area contributed by atoms with E-state index in [1.807, 2.05) is 38.6 Å². The van der Waals surface area contributed by atoms with E-state index >= 15 is 0 Å². The zero-order chi connectivity index (χ0) is 17.1. The molecule has 0 spiro atoms. The van der Waals surface area contributed by atoms with Gasteiger partial charge in [-0.3, -0.25) is 4.68 Å². The summed E-state index contributed by atoms with van der Waals surface area (Å²) in [7, 11) is 1.37. The number of methoxy groups -OCH3 is 1. The summed E-state index contributed by atoms with van der Waals surface area (Å²) in [6, 6.07) is 0. The van der Waals surface area contributed by atoms with E-state index < -0.39 is 0 Å². The molecule has 2 N–H and O–H groups in total. The van der Waals surface area contributed by atoms with Gasteiger partial charge < -0.3 is 15.4 Å². The number of hydrogen-bond donors (Lipinski definition) is 2. The SMILES string of the molecule is CCn1cc(NC(=S)Nc2sc(C)c(C)c2C(=O)OC)c(C)n1. The minimum absolute atomic E-state index is 0.368. The third kappa shape index (κ3) is 3.70. The Balaban J connectivity index is 2.19. The van der Waals surface area contributed by atoms with Gasteiger partial charge in [0.05, 0.1) is 24.1 Å². The molecule has 0 atom stereocenters. The minimum Gasteiger partial charge on any atom is -0.465 e. The molecule has 2 rings (SSSR count). The Morgan fingerprint density at radius 2 is 2.09 bits per heavy atom. The summed E-state index contributed by atoms with van der Waals surface area (Å²) in [5.74, 6) is -0.368. The maximum Gasteiger partial charge on any atom is 0.341 e. The second kappa shape index (κ2) is 7.10. The van der Waals surface area contributed by atoms with Crippen LogP contribution in [-0.4, -0.2) is 28.0 Å². The molecule has 2 aromatic heterocycles. The number of carbonyl (C=O) groups is 1. The van der Waals surface area contributed by atoms with Crippen LogP contribution in [0.5, 0.6) is 0 Å². The van der Waals surface area contributed by atoms with E-state index in [4.69, 9.17) is 17.0 Å².